The SMILES string of the molecule is CCCC(C)NC(=O)C(c1cc(C)cc(C)c1)N(C(=O)C(CS)NC(=O)OC(C)(C)C)C(C)CC. The Bertz CT molecular complexity index is 848. The summed E-state index contributed by atoms with van der Waals surface area (Å²) in [6.07, 6.45) is 1.71. The molecule has 4 atom stereocenters. The van der Waals surface area contributed by atoms with E-state index in [2.05, 4.69) is 30.2 Å². The standard InChI is InChI=1S/C27H45N3O4S/c1-10-12-19(5)28-24(31)23(21-14-17(3)13-18(4)15-21)30(20(6)11-2)25(32)22(16-35)29-26(33)34-27(7,8)9/h13-15,19-20,22-23,35H,10-12,16H2,1-9H3,(H,28,31)(H,29,33). The maximum absolute atomic E-state index is 13.9. The van der Waals surface area contributed by atoms with Crippen LogP contribution in [0, 0.1) is 13.8 Å². The van der Waals surface area contributed by atoms with E-state index in [1.807, 2.05) is 52.8 Å². The molecule has 198 valence electrons. The maximum Gasteiger partial charge on any atom is 0.408 e. The average Bonchev–Trinajstić information content (AvgIpc) is 2.72. The first kappa shape index (κ1) is 30.8. The van der Waals surface area contributed by atoms with E-state index in [-0.39, 0.29) is 29.7 Å². The third-order valence-corrected chi connectivity index (χ3v) is 6.05. The highest BCUT2D eigenvalue weighted by molar-refractivity contribution is 7.80. The Morgan fingerprint density at radius 3 is 2.06 bits per heavy atom. The first-order valence-corrected chi connectivity index (χ1v) is 13.2. The van der Waals surface area contributed by atoms with Crippen molar-refractivity contribution in [2.75, 3.05) is 5.75 Å². The molecule has 3 amide bonds. The zero-order valence-electron chi connectivity index (χ0n) is 22.9. The van der Waals surface area contributed by atoms with Crippen LogP contribution in [0.4, 0.5) is 4.79 Å². The summed E-state index contributed by atoms with van der Waals surface area (Å²) in [6.45, 7) is 17.1. The summed E-state index contributed by atoms with van der Waals surface area (Å²) in [6, 6.07) is 3.84. The number of hydrogen-bond acceptors (Lipinski definition) is 5. The second-order valence-corrected chi connectivity index (χ2v) is 10.8. The second kappa shape index (κ2) is 13.8. The van der Waals surface area contributed by atoms with E-state index in [4.69, 9.17) is 4.74 Å². The Morgan fingerprint density at radius 2 is 1.60 bits per heavy atom. The summed E-state index contributed by atoms with van der Waals surface area (Å²) < 4.78 is 5.36. The van der Waals surface area contributed by atoms with Gasteiger partial charge in [0.05, 0.1) is 0 Å². The van der Waals surface area contributed by atoms with Crippen LogP contribution in [0.5, 0.6) is 0 Å². The molecule has 0 heterocycles. The lowest BCUT2D eigenvalue weighted by atomic mass is 9.96. The van der Waals surface area contributed by atoms with E-state index in [9.17, 15) is 14.4 Å². The fourth-order valence-corrected chi connectivity index (χ4v) is 4.29. The number of carbonyl (C=O) groups is 3. The highest BCUT2D eigenvalue weighted by atomic mass is 32.1. The number of nitrogens with one attached hydrogen (secondary N) is 2. The number of thiol groups is 1. The van der Waals surface area contributed by atoms with Crippen molar-refractivity contribution in [2.24, 2.45) is 0 Å². The first-order valence-electron chi connectivity index (χ1n) is 12.5. The van der Waals surface area contributed by atoms with Crippen LogP contribution >= 0.6 is 12.6 Å². The Kier molecular flexibility index (Phi) is 12.1. The molecule has 0 aliphatic carbocycles. The van der Waals surface area contributed by atoms with Crippen LogP contribution < -0.4 is 10.6 Å². The molecule has 4 unspecified atom stereocenters. The van der Waals surface area contributed by atoms with Gasteiger partial charge in [0.25, 0.3) is 0 Å². The number of alkyl carbamates (subject to hydrolysis) is 1. The molecule has 0 saturated carbocycles. The summed E-state index contributed by atoms with van der Waals surface area (Å²) in [5.74, 6) is -0.541. The minimum Gasteiger partial charge on any atom is -0.444 e. The molecular weight excluding hydrogens is 462 g/mol. The van der Waals surface area contributed by atoms with Gasteiger partial charge in [-0.2, -0.15) is 12.6 Å². The Hall–Kier alpha value is -2.22. The molecule has 1 aromatic rings. The van der Waals surface area contributed by atoms with Gasteiger partial charge in [0.15, 0.2) is 0 Å². The fraction of sp³-hybridized carbons (Fsp3) is 0.667. The van der Waals surface area contributed by atoms with E-state index in [0.29, 0.717) is 6.42 Å². The summed E-state index contributed by atoms with van der Waals surface area (Å²) in [5.41, 5.74) is 2.05. The largest absolute Gasteiger partial charge is 0.444 e. The van der Waals surface area contributed by atoms with Gasteiger partial charge in [-0.25, -0.2) is 4.79 Å². The van der Waals surface area contributed by atoms with Gasteiger partial charge >= 0.3 is 6.09 Å². The molecule has 0 saturated heterocycles. The normalized spacial score (nSPS) is 14.9. The van der Waals surface area contributed by atoms with Crippen molar-refractivity contribution in [1.29, 1.82) is 0 Å². The van der Waals surface area contributed by atoms with Gasteiger partial charge in [-0.15, -0.1) is 0 Å². The van der Waals surface area contributed by atoms with Crippen molar-refractivity contribution >= 4 is 30.5 Å². The van der Waals surface area contributed by atoms with Gasteiger partial charge < -0.3 is 20.3 Å². The molecule has 0 bridgehead atoms. The number of hydrogen-bond donors (Lipinski definition) is 3. The number of rotatable bonds is 11. The average molecular weight is 508 g/mol. The monoisotopic (exact) mass is 507 g/mol. The fourth-order valence-electron chi connectivity index (χ4n) is 4.04. The van der Waals surface area contributed by atoms with Crippen molar-refractivity contribution in [3.63, 3.8) is 0 Å². The van der Waals surface area contributed by atoms with E-state index in [0.717, 1.165) is 29.5 Å². The molecule has 1 rings (SSSR count). The third-order valence-electron chi connectivity index (χ3n) is 5.69. The van der Waals surface area contributed by atoms with Gasteiger partial charge in [-0.3, -0.25) is 9.59 Å². The molecule has 0 spiro atoms. The molecule has 35 heavy (non-hydrogen) atoms. The lowest BCUT2D eigenvalue weighted by Gasteiger charge is -2.38. The van der Waals surface area contributed by atoms with Crippen molar-refractivity contribution in [1.82, 2.24) is 15.5 Å². The molecule has 7 nitrogen and oxygen atoms in total. The van der Waals surface area contributed by atoms with Crippen LogP contribution in [-0.2, 0) is 14.3 Å². The van der Waals surface area contributed by atoms with Gasteiger partial charge in [0.1, 0.15) is 17.7 Å². The lowest BCUT2D eigenvalue weighted by Crippen LogP contribution is -2.56. The highest BCUT2D eigenvalue weighted by Gasteiger charge is 2.38. The summed E-state index contributed by atoms with van der Waals surface area (Å²) in [7, 11) is 0. The van der Waals surface area contributed by atoms with Crippen molar-refractivity contribution < 1.29 is 19.1 Å². The van der Waals surface area contributed by atoms with Crippen LogP contribution in [0.25, 0.3) is 0 Å². The molecule has 8 heteroatoms. The van der Waals surface area contributed by atoms with Crippen LogP contribution in [0.15, 0.2) is 18.2 Å². The molecule has 0 fully saturated rings. The number of carbonyl (C=O) groups excluding carboxylic acids is 3. The van der Waals surface area contributed by atoms with Gasteiger partial charge in [0.2, 0.25) is 11.8 Å². The quantitative estimate of drug-likeness (QED) is 0.364. The van der Waals surface area contributed by atoms with Crippen LogP contribution in [0.2, 0.25) is 0 Å². The molecule has 0 aromatic heterocycles. The second-order valence-electron chi connectivity index (χ2n) is 10.4. The molecule has 0 aliphatic rings. The maximum atomic E-state index is 13.9. The minimum absolute atomic E-state index is 0.0321. The molecule has 1 aromatic carbocycles. The number of benzene rings is 1. The Labute approximate surface area is 217 Å². The lowest BCUT2D eigenvalue weighted by molar-refractivity contribution is -0.144. The van der Waals surface area contributed by atoms with E-state index in [1.54, 1.807) is 25.7 Å². The Morgan fingerprint density at radius 1 is 1.03 bits per heavy atom. The number of nitrogens with zero attached hydrogens (tertiary/aromatic N) is 1. The van der Waals surface area contributed by atoms with Crippen molar-refractivity contribution in [2.45, 2.75) is 111 Å². The van der Waals surface area contributed by atoms with Gasteiger partial charge in [-0.1, -0.05) is 49.6 Å². The topological polar surface area (TPSA) is 87.7 Å². The summed E-state index contributed by atoms with van der Waals surface area (Å²) in [5, 5.41) is 5.75. The number of aryl methyl sites for hydroxylation is 2. The van der Waals surface area contributed by atoms with E-state index < -0.39 is 23.8 Å². The molecular formula is C27H45N3O4S. The van der Waals surface area contributed by atoms with Crippen molar-refractivity contribution in [3.8, 4) is 0 Å². The number of amides is 3. The van der Waals surface area contributed by atoms with Gasteiger partial charge in [-0.05, 0) is 66.9 Å². The van der Waals surface area contributed by atoms with E-state index >= 15 is 0 Å². The smallest absolute Gasteiger partial charge is 0.408 e. The first-order chi connectivity index (χ1) is 16.2. The van der Waals surface area contributed by atoms with Gasteiger partial charge in [0, 0.05) is 17.8 Å². The van der Waals surface area contributed by atoms with Crippen molar-refractivity contribution in [3.05, 3.63) is 34.9 Å². The van der Waals surface area contributed by atoms with Crippen LogP contribution in [0.1, 0.15) is 90.5 Å². The predicted octanol–water partition coefficient (Wildman–Crippen LogP) is 5.10. The minimum atomic E-state index is -0.948. The zero-order valence-corrected chi connectivity index (χ0v) is 23.8. The molecule has 0 radical (unpaired) electrons. The zero-order chi connectivity index (χ0) is 26.9. The Balaban J connectivity index is 3.50. The van der Waals surface area contributed by atoms with Crippen LogP contribution in [0.3, 0.4) is 0 Å². The highest BCUT2D eigenvalue weighted by Crippen LogP contribution is 2.28. The molecule has 0 aliphatic heterocycles. The van der Waals surface area contributed by atoms with E-state index in [1.165, 1.54) is 0 Å². The predicted molar refractivity (Wildman–Crippen MR) is 145 cm³/mol. The summed E-state index contributed by atoms with van der Waals surface area (Å²) >= 11 is 4.34. The third kappa shape index (κ3) is 9.74. The number of ether oxygens (including phenoxy) is 1. The summed E-state index contributed by atoms with van der Waals surface area (Å²) in [4.78, 5) is 41.7. The van der Waals surface area contributed by atoms with Crippen LogP contribution in [-0.4, -0.2) is 52.3 Å². The molecule has 2 N–H and O–H groups in total.